The van der Waals surface area contributed by atoms with Gasteiger partial charge in [0.05, 0.1) is 0 Å². The van der Waals surface area contributed by atoms with Gasteiger partial charge in [-0.15, -0.1) is 0 Å². The number of nitrogens with one attached hydrogen (secondary N) is 1. The molecule has 1 saturated heterocycles. The van der Waals surface area contributed by atoms with Gasteiger partial charge in [0.1, 0.15) is 11.5 Å². The van der Waals surface area contributed by atoms with E-state index in [9.17, 15) is 10.2 Å². The van der Waals surface area contributed by atoms with Crippen LogP contribution in [0.2, 0.25) is 0 Å². The highest BCUT2D eigenvalue weighted by molar-refractivity contribution is 5.38. The summed E-state index contributed by atoms with van der Waals surface area (Å²) in [7, 11) is 0. The van der Waals surface area contributed by atoms with Crippen LogP contribution in [0.4, 0.5) is 0 Å². The maximum Gasteiger partial charge on any atom is 0.119 e. The van der Waals surface area contributed by atoms with Crippen LogP contribution >= 0.6 is 0 Å². The second-order valence-corrected chi connectivity index (χ2v) is 6.15. The van der Waals surface area contributed by atoms with Crippen LogP contribution < -0.4 is 5.32 Å². The van der Waals surface area contributed by atoms with Crippen LogP contribution in [0, 0.1) is 5.92 Å². The Labute approximate surface area is 127 Å². The van der Waals surface area contributed by atoms with Crippen molar-refractivity contribution in [3.63, 3.8) is 0 Å². The Kier molecular flexibility index (Phi) is 5.88. The molecule has 21 heavy (non-hydrogen) atoms. The molecule has 0 amide bonds. The number of hydrogen-bond donors (Lipinski definition) is 3. The minimum atomic E-state index is 0.134. The third kappa shape index (κ3) is 4.61. The lowest BCUT2D eigenvalue weighted by Gasteiger charge is -2.34. The molecule has 0 aliphatic carbocycles. The van der Waals surface area contributed by atoms with E-state index in [1.807, 2.05) is 0 Å². The molecule has 0 radical (unpaired) electrons. The molecule has 0 aromatic heterocycles. The lowest BCUT2D eigenvalue weighted by molar-refractivity contribution is 0.160. The van der Waals surface area contributed by atoms with Crippen molar-refractivity contribution in [1.82, 2.24) is 10.2 Å². The van der Waals surface area contributed by atoms with Gasteiger partial charge in [0.2, 0.25) is 0 Å². The summed E-state index contributed by atoms with van der Waals surface area (Å²) in [6.07, 6.45) is 3.58. The first kappa shape index (κ1) is 16.1. The molecule has 1 atom stereocenters. The topological polar surface area (TPSA) is 55.7 Å². The molecule has 1 aromatic rings. The summed E-state index contributed by atoms with van der Waals surface area (Å²) < 4.78 is 0. The van der Waals surface area contributed by atoms with Crippen molar-refractivity contribution in [3.8, 4) is 11.5 Å². The Morgan fingerprint density at radius 2 is 1.81 bits per heavy atom. The maximum atomic E-state index is 9.69. The van der Waals surface area contributed by atoms with E-state index in [-0.39, 0.29) is 17.5 Å². The van der Waals surface area contributed by atoms with Crippen LogP contribution in [-0.4, -0.2) is 41.3 Å². The third-order valence-corrected chi connectivity index (χ3v) is 4.42. The lowest BCUT2D eigenvalue weighted by atomic mass is 9.96. The number of hydrogen-bond acceptors (Lipinski definition) is 4. The Morgan fingerprint density at radius 3 is 2.38 bits per heavy atom. The Hall–Kier alpha value is -1.26. The first-order valence-corrected chi connectivity index (χ1v) is 8.07. The molecule has 4 nitrogen and oxygen atoms in total. The molecule has 2 rings (SSSR count). The standard InChI is InChI=1S/C17H28N2O2/c1-3-8-19(12-14-4-6-18-7-5-14)13(2)15-9-16(20)11-17(21)10-15/h9-11,13-14,18,20-21H,3-8,12H2,1-2H3. The van der Waals surface area contributed by atoms with Gasteiger partial charge < -0.3 is 15.5 Å². The van der Waals surface area contributed by atoms with Crippen LogP contribution in [-0.2, 0) is 0 Å². The molecule has 1 aliphatic rings. The molecule has 1 aromatic carbocycles. The van der Waals surface area contributed by atoms with Gasteiger partial charge in [-0.3, -0.25) is 4.90 Å². The SMILES string of the molecule is CCCN(CC1CCNCC1)C(C)c1cc(O)cc(O)c1. The average molecular weight is 292 g/mol. The molecule has 1 unspecified atom stereocenters. The smallest absolute Gasteiger partial charge is 0.119 e. The fourth-order valence-corrected chi connectivity index (χ4v) is 3.20. The minimum Gasteiger partial charge on any atom is -0.508 e. The summed E-state index contributed by atoms with van der Waals surface area (Å²) in [5.74, 6) is 1.01. The number of phenols is 2. The molecular formula is C17H28N2O2. The van der Waals surface area contributed by atoms with E-state index in [0.717, 1.165) is 44.1 Å². The number of aromatic hydroxyl groups is 2. The van der Waals surface area contributed by atoms with Gasteiger partial charge in [0.15, 0.2) is 0 Å². The van der Waals surface area contributed by atoms with Crippen molar-refractivity contribution in [1.29, 1.82) is 0 Å². The normalized spacial score (nSPS) is 18.0. The maximum absolute atomic E-state index is 9.69. The largest absolute Gasteiger partial charge is 0.508 e. The molecule has 3 N–H and O–H groups in total. The van der Waals surface area contributed by atoms with Gasteiger partial charge in [0, 0.05) is 18.7 Å². The molecule has 1 aliphatic heterocycles. The number of phenolic OH excluding ortho intramolecular Hbond substituents is 2. The third-order valence-electron chi connectivity index (χ3n) is 4.42. The van der Waals surface area contributed by atoms with E-state index in [1.54, 1.807) is 12.1 Å². The fourth-order valence-electron chi connectivity index (χ4n) is 3.20. The van der Waals surface area contributed by atoms with Crippen molar-refractivity contribution in [2.24, 2.45) is 5.92 Å². The van der Waals surface area contributed by atoms with Crippen LogP contribution in [0.15, 0.2) is 18.2 Å². The highest BCUT2D eigenvalue weighted by Gasteiger charge is 2.21. The van der Waals surface area contributed by atoms with Gasteiger partial charge >= 0.3 is 0 Å². The molecule has 4 heteroatoms. The second-order valence-electron chi connectivity index (χ2n) is 6.15. The van der Waals surface area contributed by atoms with Gasteiger partial charge in [-0.05, 0) is 69.4 Å². The number of piperidine rings is 1. The van der Waals surface area contributed by atoms with Crippen molar-refractivity contribution in [3.05, 3.63) is 23.8 Å². The van der Waals surface area contributed by atoms with Gasteiger partial charge in [0.25, 0.3) is 0 Å². The highest BCUT2D eigenvalue weighted by atomic mass is 16.3. The predicted octanol–water partition coefficient (Wildman–Crippen LogP) is 2.87. The molecular weight excluding hydrogens is 264 g/mol. The number of rotatable bonds is 6. The first-order valence-electron chi connectivity index (χ1n) is 8.07. The molecule has 1 heterocycles. The average Bonchev–Trinajstić information content (AvgIpc) is 2.46. The van der Waals surface area contributed by atoms with E-state index in [4.69, 9.17) is 0 Å². The van der Waals surface area contributed by atoms with Gasteiger partial charge in [-0.1, -0.05) is 6.92 Å². The summed E-state index contributed by atoms with van der Waals surface area (Å²) in [5.41, 5.74) is 0.981. The minimum absolute atomic E-state index is 0.134. The fraction of sp³-hybridized carbons (Fsp3) is 0.647. The highest BCUT2D eigenvalue weighted by Crippen LogP contribution is 2.29. The Balaban J connectivity index is 2.08. The van der Waals surface area contributed by atoms with E-state index >= 15 is 0 Å². The monoisotopic (exact) mass is 292 g/mol. The Bertz CT molecular complexity index is 424. The first-order chi connectivity index (χ1) is 10.1. The molecule has 0 bridgehead atoms. The van der Waals surface area contributed by atoms with Crippen LogP contribution in [0.25, 0.3) is 0 Å². The van der Waals surface area contributed by atoms with E-state index in [1.165, 1.54) is 18.9 Å². The molecule has 0 spiro atoms. The van der Waals surface area contributed by atoms with E-state index in [0.29, 0.717) is 0 Å². The van der Waals surface area contributed by atoms with E-state index in [2.05, 4.69) is 24.1 Å². The van der Waals surface area contributed by atoms with Crippen LogP contribution in [0.3, 0.4) is 0 Å². The lowest BCUT2D eigenvalue weighted by Crippen LogP contribution is -2.37. The summed E-state index contributed by atoms with van der Waals surface area (Å²) in [4.78, 5) is 2.48. The second kappa shape index (κ2) is 7.66. The van der Waals surface area contributed by atoms with Gasteiger partial charge in [-0.25, -0.2) is 0 Å². The van der Waals surface area contributed by atoms with E-state index < -0.39 is 0 Å². The quantitative estimate of drug-likeness (QED) is 0.754. The predicted molar refractivity (Wildman–Crippen MR) is 85.6 cm³/mol. The summed E-state index contributed by atoms with van der Waals surface area (Å²) in [5, 5.41) is 22.8. The summed E-state index contributed by atoms with van der Waals surface area (Å²) >= 11 is 0. The van der Waals surface area contributed by atoms with Crippen LogP contribution in [0.5, 0.6) is 11.5 Å². The molecule has 118 valence electrons. The van der Waals surface area contributed by atoms with Crippen molar-refractivity contribution < 1.29 is 10.2 Å². The summed E-state index contributed by atoms with van der Waals surface area (Å²) in [6.45, 7) is 8.72. The van der Waals surface area contributed by atoms with Crippen molar-refractivity contribution >= 4 is 0 Å². The Morgan fingerprint density at radius 1 is 1.19 bits per heavy atom. The number of nitrogens with zero attached hydrogens (tertiary/aromatic N) is 1. The van der Waals surface area contributed by atoms with Gasteiger partial charge in [-0.2, -0.15) is 0 Å². The zero-order valence-corrected chi connectivity index (χ0v) is 13.2. The van der Waals surface area contributed by atoms with Crippen molar-refractivity contribution in [2.45, 2.75) is 39.2 Å². The number of benzene rings is 1. The zero-order chi connectivity index (χ0) is 15.2. The van der Waals surface area contributed by atoms with Crippen molar-refractivity contribution in [2.75, 3.05) is 26.2 Å². The zero-order valence-electron chi connectivity index (χ0n) is 13.2. The molecule has 0 saturated carbocycles. The summed E-state index contributed by atoms with van der Waals surface area (Å²) in [6, 6.07) is 5.11. The van der Waals surface area contributed by atoms with Crippen LogP contribution in [0.1, 0.15) is 44.7 Å². The molecule has 1 fully saturated rings.